The summed E-state index contributed by atoms with van der Waals surface area (Å²) >= 11 is 6.92. The first-order chi connectivity index (χ1) is 10.6. The first-order valence-corrected chi connectivity index (χ1v) is 8.51. The Kier molecular flexibility index (Phi) is 6.46. The fourth-order valence-electron chi connectivity index (χ4n) is 2.12. The van der Waals surface area contributed by atoms with Crippen molar-refractivity contribution in [1.82, 2.24) is 5.32 Å². The van der Waals surface area contributed by atoms with E-state index in [4.69, 9.17) is 4.74 Å². The second kappa shape index (κ2) is 8.34. The van der Waals surface area contributed by atoms with Crippen molar-refractivity contribution in [2.75, 3.05) is 7.11 Å². The summed E-state index contributed by atoms with van der Waals surface area (Å²) in [6.07, 6.45) is 1.17. The quantitative estimate of drug-likeness (QED) is 0.739. The molecule has 0 unspecified atom stereocenters. The maximum absolute atomic E-state index is 12.0. The van der Waals surface area contributed by atoms with E-state index in [1.807, 2.05) is 42.5 Å². The van der Waals surface area contributed by atoms with Crippen LogP contribution in [0.3, 0.4) is 0 Å². The van der Waals surface area contributed by atoms with Crippen molar-refractivity contribution < 1.29 is 9.53 Å². The van der Waals surface area contributed by atoms with Gasteiger partial charge in [-0.1, -0.05) is 50.1 Å². The number of carbonyl (C=O) groups excluding carboxylic acids is 1. The average molecular weight is 427 g/mol. The zero-order chi connectivity index (χ0) is 15.9. The maximum Gasteiger partial charge on any atom is 0.220 e. The van der Waals surface area contributed by atoms with Gasteiger partial charge in [-0.15, -0.1) is 0 Å². The molecule has 3 nitrogen and oxygen atoms in total. The molecule has 2 aromatic rings. The van der Waals surface area contributed by atoms with Crippen molar-refractivity contribution in [3.05, 3.63) is 62.5 Å². The Hall–Kier alpha value is -1.33. The number of hydrogen-bond acceptors (Lipinski definition) is 2. The van der Waals surface area contributed by atoms with Crippen LogP contribution in [-0.2, 0) is 17.8 Å². The molecule has 0 fully saturated rings. The Balaban J connectivity index is 1.88. The van der Waals surface area contributed by atoms with E-state index in [0.717, 1.165) is 25.8 Å². The largest absolute Gasteiger partial charge is 0.496 e. The van der Waals surface area contributed by atoms with Gasteiger partial charge >= 0.3 is 0 Å². The topological polar surface area (TPSA) is 38.3 Å². The highest BCUT2D eigenvalue weighted by atomic mass is 79.9. The zero-order valence-corrected chi connectivity index (χ0v) is 15.4. The Morgan fingerprint density at radius 2 is 1.91 bits per heavy atom. The molecule has 0 spiro atoms. The standard InChI is InChI=1S/C17H17Br2NO2/c1-22-16-8-7-14(18)10-13(16)11-20-17(21)9-6-12-4-2-3-5-15(12)19/h2-5,7-8,10H,6,9,11H2,1H3,(H,20,21). The van der Waals surface area contributed by atoms with Crippen LogP contribution in [-0.4, -0.2) is 13.0 Å². The van der Waals surface area contributed by atoms with Gasteiger partial charge in [0.15, 0.2) is 0 Å². The average Bonchev–Trinajstić information content (AvgIpc) is 2.52. The Morgan fingerprint density at radius 1 is 1.14 bits per heavy atom. The number of amides is 1. The van der Waals surface area contributed by atoms with Gasteiger partial charge in [-0.3, -0.25) is 4.79 Å². The molecular weight excluding hydrogens is 410 g/mol. The van der Waals surface area contributed by atoms with Gasteiger partial charge < -0.3 is 10.1 Å². The summed E-state index contributed by atoms with van der Waals surface area (Å²) in [5, 5.41) is 2.94. The predicted molar refractivity (Wildman–Crippen MR) is 95.0 cm³/mol. The number of hydrogen-bond donors (Lipinski definition) is 1. The predicted octanol–water partition coefficient (Wildman–Crippen LogP) is 4.47. The van der Waals surface area contributed by atoms with E-state index in [2.05, 4.69) is 37.2 Å². The van der Waals surface area contributed by atoms with Crippen LogP contribution in [0.25, 0.3) is 0 Å². The molecule has 0 atom stereocenters. The fourth-order valence-corrected chi connectivity index (χ4v) is 3.01. The molecule has 0 heterocycles. The van der Waals surface area contributed by atoms with Crippen LogP contribution < -0.4 is 10.1 Å². The summed E-state index contributed by atoms with van der Waals surface area (Å²) in [5.41, 5.74) is 2.09. The van der Waals surface area contributed by atoms with Gasteiger partial charge in [0.05, 0.1) is 7.11 Å². The van der Waals surface area contributed by atoms with Gasteiger partial charge in [-0.2, -0.15) is 0 Å². The lowest BCUT2D eigenvalue weighted by atomic mass is 10.1. The molecular formula is C17H17Br2NO2. The highest BCUT2D eigenvalue weighted by Gasteiger charge is 2.07. The van der Waals surface area contributed by atoms with Crippen LogP contribution in [0.4, 0.5) is 0 Å². The molecule has 22 heavy (non-hydrogen) atoms. The molecule has 5 heteroatoms. The van der Waals surface area contributed by atoms with E-state index in [1.165, 1.54) is 0 Å². The van der Waals surface area contributed by atoms with Crippen LogP contribution in [0.2, 0.25) is 0 Å². The second-order valence-electron chi connectivity index (χ2n) is 4.82. The van der Waals surface area contributed by atoms with Crippen molar-refractivity contribution in [2.24, 2.45) is 0 Å². The van der Waals surface area contributed by atoms with Gasteiger partial charge in [0.1, 0.15) is 5.75 Å². The first-order valence-electron chi connectivity index (χ1n) is 6.92. The Labute approximate surface area is 147 Å². The van der Waals surface area contributed by atoms with Gasteiger partial charge in [0.25, 0.3) is 0 Å². The number of nitrogens with one attached hydrogen (secondary N) is 1. The number of rotatable bonds is 6. The van der Waals surface area contributed by atoms with E-state index in [9.17, 15) is 4.79 Å². The third kappa shape index (κ3) is 4.85. The Morgan fingerprint density at radius 3 is 2.64 bits per heavy atom. The summed E-state index contributed by atoms with van der Waals surface area (Å²) in [5.74, 6) is 0.798. The maximum atomic E-state index is 12.0. The van der Waals surface area contributed by atoms with Crippen molar-refractivity contribution in [2.45, 2.75) is 19.4 Å². The lowest BCUT2D eigenvalue weighted by Gasteiger charge is -2.10. The van der Waals surface area contributed by atoms with E-state index in [-0.39, 0.29) is 5.91 Å². The number of carbonyl (C=O) groups is 1. The molecule has 1 N–H and O–H groups in total. The minimum atomic E-state index is 0.0257. The highest BCUT2D eigenvalue weighted by molar-refractivity contribution is 9.10. The number of ether oxygens (including phenoxy) is 1. The molecule has 0 aliphatic heterocycles. The zero-order valence-electron chi connectivity index (χ0n) is 12.2. The number of benzene rings is 2. The third-order valence-corrected chi connectivity index (χ3v) is 4.56. The minimum Gasteiger partial charge on any atom is -0.496 e. The van der Waals surface area contributed by atoms with Crippen molar-refractivity contribution in [3.8, 4) is 5.75 Å². The molecule has 0 saturated carbocycles. The molecule has 0 aliphatic rings. The summed E-state index contributed by atoms with van der Waals surface area (Å²) < 4.78 is 7.30. The number of methoxy groups -OCH3 is 1. The van der Waals surface area contributed by atoms with Crippen LogP contribution in [0.15, 0.2) is 51.4 Å². The van der Waals surface area contributed by atoms with Crippen molar-refractivity contribution in [3.63, 3.8) is 0 Å². The fraction of sp³-hybridized carbons (Fsp3) is 0.235. The monoisotopic (exact) mass is 425 g/mol. The normalized spacial score (nSPS) is 10.3. The number of aryl methyl sites for hydroxylation is 1. The van der Waals surface area contributed by atoms with Crippen LogP contribution in [0, 0.1) is 0 Å². The SMILES string of the molecule is COc1ccc(Br)cc1CNC(=O)CCc1ccccc1Br. The molecule has 0 radical (unpaired) electrons. The first kappa shape index (κ1) is 17.0. The molecule has 2 rings (SSSR count). The van der Waals surface area contributed by atoms with Crippen LogP contribution in [0.5, 0.6) is 5.75 Å². The molecule has 0 aliphatic carbocycles. The van der Waals surface area contributed by atoms with Gasteiger partial charge in [0, 0.05) is 27.5 Å². The van der Waals surface area contributed by atoms with E-state index in [0.29, 0.717) is 19.4 Å². The van der Waals surface area contributed by atoms with Gasteiger partial charge in [-0.05, 0) is 36.2 Å². The molecule has 2 aromatic carbocycles. The highest BCUT2D eigenvalue weighted by Crippen LogP contribution is 2.23. The second-order valence-corrected chi connectivity index (χ2v) is 6.59. The summed E-state index contributed by atoms with van der Waals surface area (Å²) in [6.45, 7) is 0.456. The molecule has 0 bridgehead atoms. The van der Waals surface area contributed by atoms with E-state index >= 15 is 0 Å². The summed E-state index contributed by atoms with van der Waals surface area (Å²) in [6, 6.07) is 13.7. The van der Waals surface area contributed by atoms with Gasteiger partial charge in [-0.25, -0.2) is 0 Å². The smallest absolute Gasteiger partial charge is 0.220 e. The molecule has 0 saturated heterocycles. The summed E-state index contributed by atoms with van der Waals surface area (Å²) in [4.78, 5) is 12.0. The lowest BCUT2D eigenvalue weighted by Crippen LogP contribution is -2.23. The van der Waals surface area contributed by atoms with Crippen molar-refractivity contribution >= 4 is 37.8 Å². The third-order valence-electron chi connectivity index (χ3n) is 3.30. The molecule has 116 valence electrons. The van der Waals surface area contributed by atoms with Gasteiger partial charge in [0.2, 0.25) is 5.91 Å². The van der Waals surface area contributed by atoms with E-state index in [1.54, 1.807) is 7.11 Å². The molecule has 1 amide bonds. The van der Waals surface area contributed by atoms with Crippen molar-refractivity contribution in [1.29, 1.82) is 0 Å². The number of halogens is 2. The van der Waals surface area contributed by atoms with Crippen LogP contribution in [0.1, 0.15) is 17.5 Å². The van der Waals surface area contributed by atoms with E-state index < -0.39 is 0 Å². The van der Waals surface area contributed by atoms with Crippen LogP contribution >= 0.6 is 31.9 Å². The lowest BCUT2D eigenvalue weighted by molar-refractivity contribution is -0.121. The Bertz CT molecular complexity index is 659. The summed E-state index contributed by atoms with van der Waals surface area (Å²) in [7, 11) is 1.63. The minimum absolute atomic E-state index is 0.0257. The molecule has 0 aromatic heterocycles.